The Bertz CT molecular complexity index is 991. The Morgan fingerprint density at radius 3 is 2.16 bits per heavy atom. The third-order valence-corrected chi connectivity index (χ3v) is 5.91. The Hall–Kier alpha value is -3.12. The summed E-state index contributed by atoms with van der Waals surface area (Å²) in [5, 5.41) is 10.6. The van der Waals surface area contributed by atoms with E-state index in [2.05, 4.69) is 77.8 Å². The lowest BCUT2D eigenvalue weighted by Crippen LogP contribution is -2.34. The van der Waals surface area contributed by atoms with E-state index in [9.17, 15) is 4.79 Å². The monoisotopic (exact) mass is 433 g/mol. The van der Waals surface area contributed by atoms with Gasteiger partial charge in [0.25, 0.3) is 0 Å². The molecule has 0 aliphatic carbocycles. The summed E-state index contributed by atoms with van der Waals surface area (Å²) in [6.07, 6.45) is 0. The van der Waals surface area contributed by atoms with Gasteiger partial charge in [-0.3, -0.25) is 9.58 Å². The summed E-state index contributed by atoms with van der Waals surface area (Å²) >= 11 is 0. The third kappa shape index (κ3) is 6.44. The number of rotatable bonds is 10. The van der Waals surface area contributed by atoms with E-state index in [1.165, 1.54) is 11.1 Å². The number of aryl methyl sites for hydroxylation is 1. The average Bonchev–Trinajstić information content (AvgIpc) is 3.08. The van der Waals surface area contributed by atoms with Crippen molar-refractivity contribution in [2.75, 3.05) is 13.1 Å². The van der Waals surface area contributed by atoms with Gasteiger partial charge < -0.3 is 10.6 Å². The lowest BCUT2D eigenvalue weighted by atomic mass is 10.1. The minimum absolute atomic E-state index is 0.174. The largest absolute Gasteiger partial charge is 0.334 e. The van der Waals surface area contributed by atoms with E-state index in [-0.39, 0.29) is 6.03 Å². The molecular formula is C26H35N5O. The Morgan fingerprint density at radius 1 is 0.875 bits per heavy atom. The van der Waals surface area contributed by atoms with E-state index in [1.54, 1.807) is 0 Å². The number of carbonyl (C=O) groups excluding carboxylic acids is 1. The lowest BCUT2D eigenvalue weighted by molar-refractivity contribution is 0.240. The molecule has 0 saturated carbocycles. The molecule has 0 fully saturated rings. The van der Waals surface area contributed by atoms with E-state index < -0.39 is 0 Å². The van der Waals surface area contributed by atoms with E-state index >= 15 is 0 Å². The number of hydrogen-bond donors (Lipinski definition) is 2. The molecule has 3 rings (SSSR count). The maximum Gasteiger partial charge on any atom is 0.315 e. The first-order valence-corrected chi connectivity index (χ1v) is 11.4. The molecule has 2 amide bonds. The molecule has 2 N–H and O–H groups in total. The zero-order valence-corrected chi connectivity index (χ0v) is 19.7. The van der Waals surface area contributed by atoms with Gasteiger partial charge in [-0.1, -0.05) is 68.4 Å². The number of aromatic nitrogens is 2. The van der Waals surface area contributed by atoms with E-state index in [1.807, 2.05) is 29.8 Å². The molecule has 170 valence electrons. The Morgan fingerprint density at radius 2 is 1.50 bits per heavy atom. The molecule has 0 saturated heterocycles. The molecule has 0 spiro atoms. The van der Waals surface area contributed by atoms with Crippen LogP contribution in [-0.4, -0.2) is 33.8 Å². The first-order valence-electron chi connectivity index (χ1n) is 11.4. The maximum absolute atomic E-state index is 12.3. The fraction of sp³-hybridized carbons (Fsp3) is 0.385. The van der Waals surface area contributed by atoms with E-state index in [0.29, 0.717) is 13.1 Å². The van der Waals surface area contributed by atoms with Crippen molar-refractivity contribution < 1.29 is 4.79 Å². The summed E-state index contributed by atoms with van der Waals surface area (Å²) in [4.78, 5) is 14.7. The van der Waals surface area contributed by atoms with Crippen molar-refractivity contribution in [3.63, 3.8) is 0 Å². The summed E-state index contributed by atoms with van der Waals surface area (Å²) in [6.45, 7) is 13.1. The lowest BCUT2D eigenvalue weighted by Gasteiger charge is -2.18. The first kappa shape index (κ1) is 23.5. The zero-order chi connectivity index (χ0) is 22.9. The van der Waals surface area contributed by atoms with Gasteiger partial charge in [-0.25, -0.2) is 4.79 Å². The molecule has 0 aliphatic rings. The predicted octanol–water partition coefficient (Wildman–Crippen LogP) is 4.39. The van der Waals surface area contributed by atoms with Crippen LogP contribution in [0.25, 0.3) is 0 Å². The molecule has 1 aromatic heterocycles. The minimum Gasteiger partial charge on any atom is -0.334 e. The number of nitrogens with zero attached hydrogens (tertiary/aromatic N) is 3. The first-order chi connectivity index (χ1) is 15.5. The van der Waals surface area contributed by atoms with Crippen LogP contribution in [0.4, 0.5) is 4.79 Å². The third-order valence-electron chi connectivity index (χ3n) is 5.91. The fourth-order valence-electron chi connectivity index (χ4n) is 3.78. The van der Waals surface area contributed by atoms with Crippen LogP contribution in [0.2, 0.25) is 0 Å². The standard InChI is InChI=1S/C26H35N5O/c1-5-30(6-2)18-24-14-12-22(13-15-24)16-27-26(32)28-17-25-20(3)29-31(21(25)4)19-23-10-8-7-9-11-23/h7-15H,5-6,16-19H2,1-4H3,(H2,27,28,32). The van der Waals surface area contributed by atoms with Crippen LogP contribution in [-0.2, 0) is 26.2 Å². The van der Waals surface area contributed by atoms with Crippen molar-refractivity contribution in [2.45, 2.75) is 53.9 Å². The summed E-state index contributed by atoms with van der Waals surface area (Å²) < 4.78 is 2.00. The van der Waals surface area contributed by atoms with E-state index in [4.69, 9.17) is 0 Å². The SMILES string of the molecule is CCN(CC)Cc1ccc(CNC(=O)NCc2c(C)nn(Cc3ccccc3)c2C)cc1. The van der Waals surface area contributed by atoms with Gasteiger partial charge in [0.1, 0.15) is 0 Å². The highest BCUT2D eigenvalue weighted by molar-refractivity contribution is 5.73. The highest BCUT2D eigenvalue weighted by atomic mass is 16.2. The molecular weight excluding hydrogens is 398 g/mol. The molecule has 6 heteroatoms. The van der Waals surface area contributed by atoms with Crippen LogP contribution in [0.1, 0.15) is 47.5 Å². The molecule has 3 aromatic rings. The normalized spacial score (nSPS) is 11.0. The molecule has 0 aliphatic heterocycles. The van der Waals surface area contributed by atoms with Gasteiger partial charge in [-0.15, -0.1) is 0 Å². The van der Waals surface area contributed by atoms with Gasteiger partial charge in [0.15, 0.2) is 0 Å². The highest BCUT2D eigenvalue weighted by Gasteiger charge is 2.13. The summed E-state index contributed by atoms with van der Waals surface area (Å²) in [5.41, 5.74) is 6.68. The molecule has 0 bridgehead atoms. The number of urea groups is 1. The number of amides is 2. The van der Waals surface area contributed by atoms with Crippen molar-refractivity contribution in [3.05, 3.63) is 88.2 Å². The summed E-state index contributed by atoms with van der Waals surface area (Å²) in [7, 11) is 0. The van der Waals surface area contributed by atoms with Gasteiger partial charge in [0.05, 0.1) is 12.2 Å². The second-order valence-electron chi connectivity index (χ2n) is 8.11. The number of benzene rings is 2. The second kappa shape index (κ2) is 11.5. The van der Waals surface area contributed by atoms with Crippen molar-refractivity contribution in [1.29, 1.82) is 0 Å². The van der Waals surface area contributed by atoms with E-state index in [0.717, 1.165) is 48.7 Å². The smallest absolute Gasteiger partial charge is 0.315 e. The highest BCUT2D eigenvalue weighted by Crippen LogP contribution is 2.15. The van der Waals surface area contributed by atoms with Crippen LogP contribution in [0, 0.1) is 13.8 Å². The topological polar surface area (TPSA) is 62.2 Å². The van der Waals surface area contributed by atoms with Crippen molar-refractivity contribution in [3.8, 4) is 0 Å². The van der Waals surface area contributed by atoms with Gasteiger partial charge in [-0.2, -0.15) is 5.10 Å². The number of nitrogens with one attached hydrogen (secondary N) is 2. The average molecular weight is 434 g/mol. The van der Waals surface area contributed by atoms with Crippen LogP contribution in [0.15, 0.2) is 54.6 Å². The van der Waals surface area contributed by atoms with Crippen LogP contribution >= 0.6 is 0 Å². The summed E-state index contributed by atoms with van der Waals surface area (Å²) in [6, 6.07) is 18.5. The molecule has 1 heterocycles. The second-order valence-corrected chi connectivity index (χ2v) is 8.11. The Balaban J connectivity index is 1.49. The Kier molecular flexibility index (Phi) is 8.45. The zero-order valence-electron chi connectivity index (χ0n) is 19.7. The number of hydrogen-bond acceptors (Lipinski definition) is 3. The predicted molar refractivity (Wildman–Crippen MR) is 129 cm³/mol. The van der Waals surface area contributed by atoms with Gasteiger partial charge in [0.2, 0.25) is 0 Å². The molecule has 0 atom stereocenters. The molecule has 32 heavy (non-hydrogen) atoms. The molecule has 2 aromatic carbocycles. The summed E-state index contributed by atoms with van der Waals surface area (Å²) in [5.74, 6) is 0. The molecule has 0 radical (unpaired) electrons. The van der Waals surface area contributed by atoms with Gasteiger partial charge >= 0.3 is 6.03 Å². The maximum atomic E-state index is 12.3. The van der Waals surface area contributed by atoms with Crippen LogP contribution in [0.3, 0.4) is 0 Å². The fourth-order valence-corrected chi connectivity index (χ4v) is 3.78. The van der Waals surface area contributed by atoms with Gasteiger partial charge in [0, 0.05) is 30.9 Å². The number of carbonyl (C=O) groups is 1. The van der Waals surface area contributed by atoms with Crippen molar-refractivity contribution in [2.24, 2.45) is 0 Å². The Labute approximate surface area is 191 Å². The quantitative estimate of drug-likeness (QED) is 0.498. The molecule has 6 nitrogen and oxygen atoms in total. The van der Waals surface area contributed by atoms with Crippen LogP contribution < -0.4 is 10.6 Å². The minimum atomic E-state index is -0.174. The van der Waals surface area contributed by atoms with Crippen molar-refractivity contribution in [1.82, 2.24) is 25.3 Å². The van der Waals surface area contributed by atoms with Crippen molar-refractivity contribution >= 4 is 6.03 Å². The molecule has 0 unspecified atom stereocenters. The van der Waals surface area contributed by atoms with Crippen LogP contribution in [0.5, 0.6) is 0 Å². The van der Waals surface area contributed by atoms with Gasteiger partial charge in [-0.05, 0) is 43.6 Å².